The van der Waals surface area contributed by atoms with Gasteiger partial charge >= 0.3 is 23.9 Å². The van der Waals surface area contributed by atoms with E-state index in [1.165, 1.54) is 56.9 Å². The highest BCUT2D eigenvalue weighted by Crippen LogP contribution is 2.38. The van der Waals surface area contributed by atoms with Gasteiger partial charge in [0.2, 0.25) is 0 Å². The van der Waals surface area contributed by atoms with E-state index in [9.17, 15) is 19.2 Å². The van der Waals surface area contributed by atoms with Crippen LogP contribution in [-0.4, -0.2) is 50.3 Å². The number of unbranched alkanes of at least 4 members (excludes halogenated alkanes) is 8. The van der Waals surface area contributed by atoms with Crippen molar-refractivity contribution in [3.05, 3.63) is 71.8 Å². The number of hydrogen-bond donors (Lipinski definition) is 0. The second-order valence-electron chi connectivity index (χ2n) is 14.6. The molecule has 0 amide bonds. The maximum atomic E-state index is 12.7. The zero-order chi connectivity index (χ0) is 38.8. The van der Waals surface area contributed by atoms with E-state index < -0.39 is 5.97 Å². The Morgan fingerprint density at radius 2 is 1.15 bits per heavy atom. The van der Waals surface area contributed by atoms with Crippen molar-refractivity contribution in [3.8, 4) is 11.5 Å². The molecule has 0 atom stereocenters. The van der Waals surface area contributed by atoms with Crippen LogP contribution in [0.3, 0.4) is 0 Å². The molecule has 9 nitrogen and oxygen atoms in total. The van der Waals surface area contributed by atoms with Crippen LogP contribution in [0.2, 0.25) is 0 Å². The van der Waals surface area contributed by atoms with Gasteiger partial charge in [0.05, 0.1) is 32.0 Å². The molecule has 9 heteroatoms. The van der Waals surface area contributed by atoms with E-state index in [0.29, 0.717) is 86.9 Å². The van der Waals surface area contributed by atoms with Crippen LogP contribution in [0.5, 0.6) is 11.5 Å². The molecule has 54 heavy (non-hydrogen) atoms. The van der Waals surface area contributed by atoms with Crippen LogP contribution in [0.1, 0.15) is 158 Å². The lowest BCUT2D eigenvalue weighted by molar-refractivity contribution is -0.144. The highest BCUT2D eigenvalue weighted by atomic mass is 16.5. The van der Waals surface area contributed by atoms with E-state index in [2.05, 4.69) is 25.6 Å². The molecule has 1 fully saturated rings. The van der Waals surface area contributed by atoms with Crippen molar-refractivity contribution in [3.63, 3.8) is 0 Å². The molecule has 3 rings (SSSR count). The number of carbonyl (C=O) groups is 4. The second-order valence-corrected chi connectivity index (χ2v) is 14.6. The summed E-state index contributed by atoms with van der Waals surface area (Å²) in [5, 5.41) is 0. The van der Waals surface area contributed by atoms with E-state index in [1.54, 1.807) is 31.2 Å². The predicted octanol–water partition coefficient (Wildman–Crippen LogP) is 10.6. The Morgan fingerprint density at radius 1 is 0.611 bits per heavy atom. The summed E-state index contributed by atoms with van der Waals surface area (Å²) in [6.07, 6.45) is 18.0. The molecule has 0 saturated heterocycles. The molecule has 0 heterocycles. The van der Waals surface area contributed by atoms with Gasteiger partial charge in [0.1, 0.15) is 11.5 Å². The topological polar surface area (TPSA) is 114 Å². The highest BCUT2D eigenvalue weighted by molar-refractivity contribution is 5.91. The standard InChI is InChI=1S/C45H64O9/c1-4-5-9-16-36-19-21-37(22-20-36)38-23-29-41(30-24-38)54-45(49)39-25-27-40(28-26-39)50-31-12-6-7-13-32-51-43(47)18-11-15-33-52-42(46)17-10-8-14-34-53-44(48)35(2)3/h23-30,36-37H,2,4-22,31-34H2,1,3H3. The maximum absolute atomic E-state index is 12.7. The molecule has 0 radical (unpaired) electrons. The molecule has 0 aromatic heterocycles. The van der Waals surface area contributed by atoms with Crippen molar-refractivity contribution in [2.24, 2.45) is 5.92 Å². The Labute approximate surface area is 323 Å². The van der Waals surface area contributed by atoms with Gasteiger partial charge in [-0.2, -0.15) is 0 Å². The van der Waals surface area contributed by atoms with Crippen molar-refractivity contribution in [1.82, 2.24) is 0 Å². The molecule has 1 aliphatic rings. The molecule has 298 valence electrons. The van der Waals surface area contributed by atoms with Crippen LogP contribution >= 0.6 is 0 Å². The smallest absolute Gasteiger partial charge is 0.343 e. The van der Waals surface area contributed by atoms with E-state index in [0.717, 1.165) is 38.0 Å². The molecule has 2 aromatic carbocycles. The monoisotopic (exact) mass is 748 g/mol. The maximum Gasteiger partial charge on any atom is 0.343 e. The van der Waals surface area contributed by atoms with Gasteiger partial charge in [0, 0.05) is 18.4 Å². The third-order valence-electron chi connectivity index (χ3n) is 9.93. The quantitative estimate of drug-likeness (QED) is 0.0289. The van der Waals surface area contributed by atoms with Crippen molar-refractivity contribution in [2.45, 2.75) is 142 Å². The lowest BCUT2D eigenvalue weighted by Crippen LogP contribution is -2.13. The molecule has 1 aliphatic carbocycles. The molecule has 0 unspecified atom stereocenters. The summed E-state index contributed by atoms with van der Waals surface area (Å²) in [4.78, 5) is 47.9. The van der Waals surface area contributed by atoms with Crippen molar-refractivity contribution < 1.29 is 42.9 Å². The summed E-state index contributed by atoms with van der Waals surface area (Å²) >= 11 is 0. The van der Waals surface area contributed by atoms with Gasteiger partial charge in [-0.3, -0.25) is 9.59 Å². The zero-order valence-corrected chi connectivity index (χ0v) is 32.9. The van der Waals surface area contributed by atoms with Crippen LogP contribution < -0.4 is 9.47 Å². The van der Waals surface area contributed by atoms with Crippen molar-refractivity contribution in [1.29, 1.82) is 0 Å². The zero-order valence-electron chi connectivity index (χ0n) is 32.9. The van der Waals surface area contributed by atoms with E-state index >= 15 is 0 Å². The predicted molar refractivity (Wildman–Crippen MR) is 211 cm³/mol. The number of esters is 4. The van der Waals surface area contributed by atoms with Crippen molar-refractivity contribution in [2.75, 3.05) is 26.4 Å². The van der Waals surface area contributed by atoms with Gasteiger partial charge < -0.3 is 23.7 Å². The van der Waals surface area contributed by atoms with Gasteiger partial charge in [-0.05, 0) is 144 Å². The average Bonchev–Trinajstić information content (AvgIpc) is 3.17. The van der Waals surface area contributed by atoms with Gasteiger partial charge in [0.15, 0.2) is 0 Å². The largest absolute Gasteiger partial charge is 0.494 e. The number of hydrogen-bond acceptors (Lipinski definition) is 9. The number of ether oxygens (including phenoxy) is 5. The number of rotatable bonds is 27. The normalized spacial score (nSPS) is 15.2. The third kappa shape index (κ3) is 18.8. The molecular formula is C45H64O9. The van der Waals surface area contributed by atoms with Crippen LogP contribution in [0.25, 0.3) is 0 Å². The molecule has 2 aromatic rings. The van der Waals surface area contributed by atoms with E-state index in [4.69, 9.17) is 23.7 Å². The lowest BCUT2D eigenvalue weighted by Gasteiger charge is -2.29. The summed E-state index contributed by atoms with van der Waals surface area (Å²) < 4.78 is 27.0. The Morgan fingerprint density at radius 3 is 1.76 bits per heavy atom. The summed E-state index contributed by atoms with van der Waals surface area (Å²) in [6.45, 7) is 8.96. The van der Waals surface area contributed by atoms with Crippen LogP contribution in [-0.2, 0) is 28.6 Å². The first kappa shape index (κ1) is 44.3. The van der Waals surface area contributed by atoms with Gasteiger partial charge in [-0.1, -0.05) is 51.3 Å². The average molecular weight is 749 g/mol. The first-order valence-electron chi connectivity index (χ1n) is 20.4. The van der Waals surface area contributed by atoms with Crippen LogP contribution in [0, 0.1) is 5.92 Å². The molecule has 1 saturated carbocycles. The fraction of sp³-hybridized carbons (Fsp3) is 0.600. The Hall–Kier alpha value is -4.14. The number of carbonyl (C=O) groups excluding carboxylic acids is 4. The fourth-order valence-electron chi connectivity index (χ4n) is 6.60. The fourth-order valence-corrected chi connectivity index (χ4v) is 6.60. The van der Waals surface area contributed by atoms with E-state index in [-0.39, 0.29) is 24.5 Å². The Balaban J connectivity index is 1.14. The van der Waals surface area contributed by atoms with Gasteiger partial charge in [-0.25, -0.2) is 9.59 Å². The minimum Gasteiger partial charge on any atom is -0.494 e. The SMILES string of the molecule is C=C(C)C(=O)OCCCCCC(=O)OCCCCC(=O)OCCCCCCOc1ccc(C(=O)Oc2ccc(C3CCC(CCCCC)CC3)cc2)cc1. The first-order chi connectivity index (χ1) is 26.2. The number of benzene rings is 2. The van der Waals surface area contributed by atoms with Gasteiger partial charge in [0.25, 0.3) is 0 Å². The Kier molecular flexibility index (Phi) is 21.8. The minimum atomic E-state index is -0.394. The van der Waals surface area contributed by atoms with Crippen LogP contribution in [0.15, 0.2) is 60.7 Å². The summed E-state index contributed by atoms with van der Waals surface area (Å²) in [5.74, 6) is 1.49. The third-order valence-corrected chi connectivity index (χ3v) is 9.93. The summed E-state index contributed by atoms with van der Waals surface area (Å²) in [7, 11) is 0. The molecule has 0 aliphatic heterocycles. The van der Waals surface area contributed by atoms with E-state index in [1.807, 2.05) is 12.1 Å². The molecule has 0 spiro atoms. The second kappa shape index (κ2) is 26.6. The van der Waals surface area contributed by atoms with Crippen LogP contribution in [0.4, 0.5) is 0 Å². The Bertz CT molecular complexity index is 1390. The molecule has 0 N–H and O–H groups in total. The van der Waals surface area contributed by atoms with Gasteiger partial charge in [-0.15, -0.1) is 0 Å². The van der Waals surface area contributed by atoms with Crippen molar-refractivity contribution >= 4 is 23.9 Å². The minimum absolute atomic E-state index is 0.233. The molecular weight excluding hydrogens is 684 g/mol. The summed E-state index contributed by atoms with van der Waals surface area (Å²) in [5.41, 5.74) is 2.20. The highest BCUT2D eigenvalue weighted by Gasteiger charge is 2.22. The first-order valence-corrected chi connectivity index (χ1v) is 20.4. The lowest BCUT2D eigenvalue weighted by atomic mass is 9.77. The molecule has 0 bridgehead atoms. The summed E-state index contributed by atoms with van der Waals surface area (Å²) in [6, 6.07) is 15.1.